The maximum atomic E-state index is 12.7. The van der Waals surface area contributed by atoms with Crippen LogP contribution in [0.15, 0.2) is 53.6 Å². The Balaban J connectivity index is 1.89. The average molecular weight is 338 g/mol. The van der Waals surface area contributed by atoms with E-state index < -0.39 is 6.04 Å². The highest BCUT2D eigenvalue weighted by molar-refractivity contribution is 8.13. The second kappa shape index (κ2) is 5.87. The molecule has 2 N–H and O–H groups in total. The molecule has 0 fully saturated rings. The normalized spacial score (nSPS) is 22.0. The predicted molar refractivity (Wildman–Crippen MR) is 97.7 cm³/mol. The molecule has 2 aliphatic rings. The lowest BCUT2D eigenvalue weighted by atomic mass is 9.96. The highest BCUT2D eigenvalue weighted by Crippen LogP contribution is 2.42. The zero-order valence-electron chi connectivity index (χ0n) is 13.5. The van der Waals surface area contributed by atoms with Crippen molar-refractivity contribution >= 4 is 28.5 Å². The van der Waals surface area contributed by atoms with E-state index in [1.165, 1.54) is 17.3 Å². The van der Waals surface area contributed by atoms with E-state index >= 15 is 0 Å². The third-order valence-electron chi connectivity index (χ3n) is 4.44. The van der Waals surface area contributed by atoms with Crippen LogP contribution >= 0.6 is 11.8 Å². The highest BCUT2D eigenvalue weighted by Gasteiger charge is 2.42. The number of para-hydroxylation sites is 1. The van der Waals surface area contributed by atoms with Gasteiger partial charge in [-0.1, -0.05) is 54.2 Å². The zero-order valence-corrected chi connectivity index (χ0v) is 14.3. The number of hydrogen-bond acceptors (Lipinski definition) is 5. The number of hydrogen-bond donors (Lipinski definition) is 2. The highest BCUT2D eigenvalue weighted by atomic mass is 32.2. The van der Waals surface area contributed by atoms with Gasteiger partial charge in [0.05, 0.1) is 0 Å². The Kier molecular flexibility index (Phi) is 3.69. The van der Waals surface area contributed by atoms with Crippen LogP contribution in [-0.2, 0) is 4.79 Å². The van der Waals surface area contributed by atoms with E-state index in [0.717, 1.165) is 16.8 Å². The molecule has 0 radical (unpaired) electrons. The van der Waals surface area contributed by atoms with Crippen molar-refractivity contribution in [1.82, 2.24) is 10.3 Å². The molecule has 122 valence electrons. The van der Waals surface area contributed by atoms with Crippen molar-refractivity contribution in [2.45, 2.75) is 19.1 Å². The summed E-state index contributed by atoms with van der Waals surface area (Å²) in [4.78, 5) is 12.7. The largest absolute Gasteiger partial charge is 0.360 e. The van der Waals surface area contributed by atoms with Crippen molar-refractivity contribution in [3.63, 3.8) is 0 Å². The SMILES string of the molecule is CSC1=NN2[C@H](C(=O)N1)c1ccccc1N[C@H]2c1ccccc1C. The molecule has 0 spiro atoms. The Bertz CT molecular complexity index is 835. The first-order chi connectivity index (χ1) is 11.7. The van der Waals surface area contributed by atoms with Crippen molar-refractivity contribution in [3.05, 3.63) is 65.2 Å². The summed E-state index contributed by atoms with van der Waals surface area (Å²) in [5.41, 5.74) is 4.21. The van der Waals surface area contributed by atoms with E-state index in [0.29, 0.717) is 5.17 Å². The van der Waals surface area contributed by atoms with Crippen molar-refractivity contribution in [2.24, 2.45) is 5.10 Å². The summed E-state index contributed by atoms with van der Waals surface area (Å²) in [5, 5.41) is 13.6. The minimum Gasteiger partial charge on any atom is -0.360 e. The van der Waals surface area contributed by atoms with Crippen molar-refractivity contribution < 1.29 is 4.79 Å². The van der Waals surface area contributed by atoms with Crippen LogP contribution in [-0.4, -0.2) is 22.3 Å². The van der Waals surface area contributed by atoms with Crippen molar-refractivity contribution in [3.8, 4) is 0 Å². The molecule has 0 saturated heterocycles. The Hall–Kier alpha value is -2.47. The van der Waals surface area contributed by atoms with Crippen LogP contribution in [0.25, 0.3) is 0 Å². The average Bonchev–Trinajstić information content (AvgIpc) is 2.61. The summed E-state index contributed by atoms with van der Waals surface area (Å²) >= 11 is 1.44. The van der Waals surface area contributed by atoms with Gasteiger partial charge in [0, 0.05) is 11.3 Å². The molecule has 0 saturated carbocycles. The van der Waals surface area contributed by atoms with Gasteiger partial charge in [0.1, 0.15) is 6.17 Å². The molecule has 1 amide bonds. The maximum Gasteiger partial charge on any atom is 0.255 e. The third-order valence-corrected chi connectivity index (χ3v) is 5.01. The topological polar surface area (TPSA) is 56.7 Å². The number of carbonyl (C=O) groups excluding carboxylic acids is 1. The number of fused-ring (bicyclic) bond motifs is 3. The molecule has 2 aromatic rings. The molecular formula is C18H18N4OS. The first-order valence-corrected chi connectivity index (χ1v) is 9.04. The van der Waals surface area contributed by atoms with E-state index in [1.54, 1.807) is 0 Å². The number of anilines is 1. The van der Waals surface area contributed by atoms with Crippen LogP contribution < -0.4 is 10.6 Å². The Morgan fingerprint density at radius 3 is 2.54 bits per heavy atom. The molecule has 0 bridgehead atoms. The second-order valence-corrected chi connectivity index (χ2v) is 6.67. The van der Waals surface area contributed by atoms with Crippen LogP contribution in [0.2, 0.25) is 0 Å². The number of amidine groups is 1. The van der Waals surface area contributed by atoms with Gasteiger partial charge in [-0.15, -0.1) is 5.10 Å². The number of rotatable bonds is 1. The Morgan fingerprint density at radius 1 is 1.08 bits per heavy atom. The fourth-order valence-electron chi connectivity index (χ4n) is 3.26. The predicted octanol–water partition coefficient (Wildman–Crippen LogP) is 3.23. The summed E-state index contributed by atoms with van der Waals surface area (Å²) in [6, 6.07) is 15.7. The van der Waals surface area contributed by atoms with Crippen LogP contribution in [0.1, 0.15) is 28.9 Å². The fourth-order valence-corrected chi connectivity index (χ4v) is 3.64. The molecule has 5 nitrogen and oxygen atoms in total. The lowest BCUT2D eigenvalue weighted by Gasteiger charge is -2.44. The maximum absolute atomic E-state index is 12.7. The summed E-state index contributed by atoms with van der Waals surface area (Å²) < 4.78 is 0. The number of amides is 1. The number of nitrogens with one attached hydrogen (secondary N) is 2. The smallest absolute Gasteiger partial charge is 0.255 e. The van der Waals surface area contributed by atoms with Gasteiger partial charge in [0.2, 0.25) is 0 Å². The van der Waals surface area contributed by atoms with E-state index in [9.17, 15) is 4.79 Å². The van der Waals surface area contributed by atoms with E-state index in [4.69, 9.17) is 0 Å². The first-order valence-electron chi connectivity index (χ1n) is 7.82. The number of aryl methyl sites for hydroxylation is 1. The summed E-state index contributed by atoms with van der Waals surface area (Å²) in [5.74, 6) is -0.0399. The van der Waals surface area contributed by atoms with Gasteiger partial charge < -0.3 is 10.6 Å². The van der Waals surface area contributed by atoms with Gasteiger partial charge in [-0.25, -0.2) is 0 Å². The molecule has 2 aromatic carbocycles. The molecule has 2 atom stereocenters. The number of carbonyl (C=O) groups is 1. The number of thioether (sulfide) groups is 1. The third kappa shape index (κ3) is 2.34. The number of benzene rings is 2. The zero-order chi connectivity index (χ0) is 16.7. The van der Waals surface area contributed by atoms with E-state index in [1.807, 2.05) is 47.7 Å². The Labute approximate surface area is 145 Å². The molecule has 0 unspecified atom stereocenters. The minimum atomic E-state index is -0.428. The van der Waals surface area contributed by atoms with Crippen molar-refractivity contribution in [1.29, 1.82) is 0 Å². The quantitative estimate of drug-likeness (QED) is 0.838. The van der Waals surface area contributed by atoms with Gasteiger partial charge in [0.15, 0.2) is 11.2 Å². The number of nitrogens with zero attached hydrogens (tertiary/aromatic N) is 2. The lowest BCUT2D eigenvalue weighted by molar-refractivity contribution is -0.127. The monoisotopic (exact) mass is 338 g/mol. The van der Waals surface area contributed by atoms with Gasteiger partial charge in [-0.05, 0) is 30.4 Å². The van der Waals surface area contributed by atoms with E-state index in [2.05, 4.69) is 34.8 Å². The van der Waals surface area contributed by atoms with Gasteiger partial charge in [-0.3, -0.25) is 9.80 Å². The fraction of sp³-hybridized carbons (Fsp3) is 0.222. The van der Waals surface area contributed by atoms with E-state index in [-0.39, 0.29) is 12.1 Å². The second-order valence-electron chi connectivity index (χ2n) is 5.87. The molecule has 4 rings (SSSR count). The molecule has 2 heterocycles. The molecule has 0 aromatic heterocycles. The molecule has 24 heavy (non-hydrogen) atoms. The molecule has 0 aliphatic carbocycles. The lowest BCUT2D eigenvalue weighted by Crippen LogP contribution is -2.50. The Morgan fingerprint density at radius 2 is 1.79 bits per heavy atom. The summed E-state index contributed by atoms with van der Waals surface area (Å²) in [6.07, 6.45) is 1.73. The van der Waals surface area contributed by atoms with Crippen LogP contribution in [0.4, 0.5) is 5.69 Å². The standard InChI is InChI=1S/C18H18N4OS/c1-11-7-3-4-8-12(11)16-19-14-10-6-5-9-13(14)15-17(23)20-18(24-2)21-22(15)16/h3-10,15-16,19H,1-2H3,(H,20,21,23)/t15-,16+/m0/s1. The van der Waals surface area contributed by atoms with Crippen LogP contribution in [0.5, 0.6) is 0 Å². The van der Waals surface area contributed by atoms with Gasteiger partial charge in [-0.2, -0.15) is 0 Å². The van der Waals surface area contributed by atoms with Crippen LogP contribution in [0, 0.1) is 6.92 Å². The van der Waals surface area contributed by atoms with Crippen LogP contribution in [0.3, 0.4) is 0 Å². The number of hydrazone groups is 1. The summed E-state index contributed by atoms with van der Waals surface area (Å²) in [7, 11) is 0. The minimum absolute atomic E-state index is 0.0399. The molecule has 2 aliphatic heterocycles. The molecule has 6 heteroatoms. The molecular weight excluding hydrogens is 320 g/mol. The van der Waals surface area contributed by atoms with Crippen molar-refractivity contribution in [2.75, 3.05) is 11.6 Å². The first kappa shape index (κ1) is 15.1. The summed E-state index contributed by atoms with van der Waals surface area (Å²) in [6.45, 7) is 2.08. The van der Waals surface area contributed by atoms with Gasteiger partial charge in [0.25, 0.3) is 5.91 Å². The van der Waals surface area contributed by atoms with Gasteiger partial charge >= 0.3 is 0 Å².